The largest absolute Gasteiger partial charge is 0.478 e. The Balaban J connectivity index is 2.15. The van der Waals surface area contributed by atoms with E-state index in [0.717, 1.165) is 4.90 Å². The second-order valence-corrected chi connectivity index (χ2v) is 6.96. The molecule has 2 amide bonds. The molecule has 0 bridgehead atoms. The normalized spacial score (nSPS) is 16.1. The molecule has 1 aliphatic rings. The number of para-hydroxylation sites is 1. The summed E-state index contributed by atoms with van der Waals surface area (Å²) in [6, 6.07) is 12.6. The Morgan fingerprint density at radius 2 is 1.87 bits per heavy atom. The van der Waals surface area contributed by atoms with Crippen molar-refractivity contribution in [1.29, 1.82) is 0 Å². The first-order chi connectivity index (χ1) is 14.2. The van der Waals surface area contributed by atoms with Crippen LogP contribution in [0.5, 0.6) is 0 Å². The number of carboxylic acid groups (broad SMARTS) is 1. The van der Waals surface area contributed by atoms with Crippen molar-refractivity contribution in [3.8, 4) is 0 Å². The lowest BCUT2D eigenvalue weighted by Gasteiger charge is -2.39. The van der Waals surface area contributed by atoms with Crippen LogP contribution >= 0.6 is 12.2 Å². The maximum absolute atomic E-state index is 13.4. The highest BCUT2D eigenvalue weighted by Gasteiger charge is 2.41. The van der Waals surface area contributed by atoms with E-state index in [1.54, 1.807) is 30.3 Å². The lowest BCUT2D eigenvalue weighted by molar-refractivity contribution is -0.384. The van der Waals surface area contributed by atoms with Crippen LogP contribution in [0.1, 0.15) is 18.5 Å². The van der Waals surface area contributed by atoms with Crippen molar-refractivity contribution >= 4 is 40.7 Å². The van der Waals surface area contributed by atoms with E-state index in [2.05, 4.69) is 5.32 Å². The molecule has 1 heterocycles. The summed E-state index contributed by atoms with van der Waals surface area (Å²) in [5.41, 5.74) is 0.753. The predicted octanol–water partition coefficient (Wildman–Crippen LogP) is 3.44. The first-order valence-corrected chi connectivity index (χ1v) is 9.24. The van der Waals surface area contributed by atoms with Crippen LogP contribution in [0.4, 0.5) is 16.2 Å². The molecule has 0 saturated heterocycles. The molecule has 0 saturated carbocycles. The average Bonchev–Trinajstić information content (AvgIpc) is 2.72. The number of nitrogens with one attached hydrogen (secondary N) is 1. The number of non-ortho nitro benzene ring substituents is 1. The van der Waals surface area contributed by atoms with E-state index in [-0.39, 0.29) is 27.6 Å². The number of aliphatic carboxylic acids is 1. The van der Waals surface area contributed by atoms with Crippen molar-refractivity contribution in [2.45, 2.75) is 13.0 Å². The number of nitrogens with zero attached hydrogens (tertiary/aromatic N) is 3. The number of benzene rings is 2. The molecule has 10 heteroatoms. The van der Waals surface area contributed by atoms with Gasteiger partial charge in [0.15, 0.2) is 5.11 Å². The lowest BCUT2D eigenvalue weighted by Crippen LogP contribution is -2.54. The van der Waals surface area contributed by atoms with E-state index in [1.807, 2.05) is 0 Å². The van der Waals surface area contributed by atoms with Gasteiger partial charge in [-0.1, -0.05) is 30.3 Å². The van der Waals surface area contributed by atoms with E-state index < -0.39 is 23.0 Å². The van der Waals surface area contributed by atoms with Crippen LogP contribution in [-0.4, -0.2) is 39.1 Å². The number of amides is 2. The highest BCUT2D eigenvalue weighted by Crippen LogP contribution is 2.36. The number of allylic oxidation sites excluding steroid dienone is 1. The Hall–Kier alpha value is -3.79. The number of nitro groups is 1. The number of carbonyl (C=O) groups is 2. The zero-order chi connectivity index (χ0) is 22.0. The zero-order valence-corrected chi connectivity index (χ0v) is 16.9. The van der Waals surface area contributed by atoms with Crippen molar-refractivity contribution < 1.29 is 19.6 Å². The molecule has 0 aromatic heterocycles. The van der Waals surface area contributed by atoms with Crippen molar-refractivity contribution in [2.24, 2.45) is 0 Å². The van der Waals surface area contributed by atoms with Crippen LogP contribution in [0.15, 0.2) is 65.9 Å². The van der Waals surface area contributed by atoms with Gasteiger partial charge in [0.2, 0.25) is 0 Å². The van der Waals surface area contributed by atoms with Crippen molar-refractivity contribution in [3.05, 3.63) is 81.5 Å². The molecule has 1 unspecified atom stereocenters. The van der Waals surface area contributed by atoms with E-state index in [0.29, 0.717) is 5.69 Å². The van der Waals surface area contributed by atoms with Gasteiger partial charge in [-0.2, -0.15) is 0 Å². The maximum Gasteiger partial charge on any atom is 0.335 e. The second-order valence-electron chi connectivity index (χ2n) is 6.58. The fourth-order valence-corrected chi connectivity index (χ4v) is 3.60. The fraction of sp³-hybridized carbons (Fsp3) is 0.150. The van der Waals surface area contributed by atoms with E-state index in [9.17, 15) is 24.8 Å². The predicted molar refractivity (Wildman–Crippen MR) is 114 cm³/mol. The Labute approximate surface area is 177 Å². The van der Waals surface area contributed by atoms with Gasteiger partial charge in [0.1, 0.15) is 6.04 Å². The molecule has 2 N–H and O–H groups in total. The molecule has 9 nitrogen and oxygen atoms in total. The number of carbonyl (C=O) groups excluding carboxylic acids is 1. The number of hydrogen-bond acceptors (Lipinski definition) is 5. The number of thiocarbonyl (C=S) groups is 1. The van der Waals surface area contributed by atoms with Gasteiger partial charge in [-0.3, -0.25) is 19.9 Å². The number of rotatable bonds is 4. The van der Waals surface area contributed by atoms with Gasteiger partial charge in [-0.05, 0) is 36.8 Å². The lowest BCUT2D eigenvalue weighted by atomic mass is 9.94. The summed E-state index contributed by atoms with van der Waals surface area (Å²) < 4.78 is 0. The zero-order valence-electron chi connectivity index (χ0n) is 16.1. The standard InChI is InChI=1S/C20H18N4O5S/c1-12-16(18(25)26)17(13-7-6-10-15(11-13)24(28)29)23(19(30)21-12)20(27)22(2)14-8-4-3-5-9-14/h3-11,17H,1-2H3,(H,21,30)(H,25,26). The minimum atomic E-state index is -1.26. The Bertz CT molecular complexity index is 1070. The first kappa shape index (κ1) is 20.9. The minimum Gasteiger partial charge on any atom is -0.478 e. The molecule has 0 radical (unpaired) electrons. The summed E-state index contributed by atoms with van der Waals surface area (Å²) >= 11 is 5.36. The quantitative estimate of drug-likeness (QED) is 0.437. The van der Waals surface area contributed by atoms with Crippen molar-refractivity contribution in [3.63, 3.8) is 0 Å². The molecule has 2 aromatic rings. The summed E-state index contributed by atoms with van der Waals surface area (Å²) in [6.45, 7) is 1.53. The third kappa shape index (κ3) is 3.85. The minimum absolute atomic E-state index is 0.00165. The van der Waals surface area contributed by atoms with Crippen LogP contribution < -0.4 is 10.2 Å². The molecule has 2 aromatic carbocycles. The van der Waals surface area contributed by atoms with E-state index in [4.69, 9.17) is 12.2 Å². The third-order valence-corrected chi connectivity index (χ3v) is 5.01. The van der Waals surface area contributed by atoms with Gasteiger partial charge in [-0.15, -0.1) is 0 Å². The fourth-order valence-electron chi connectivity index (χ4n) is 3.26. The van der Waals surface area contributed by atoms with Gasteiger partial charge in [0, 0.05) is 30.6 Å². The molecular weight excluding hydrogens is 408 g/mol. The van der Waals surface area contributed by atoms with Crippen LogP contribution in [0.25, 0.3) is 0 Å². The molecule has 154 valence electrons. The highest BCUT2D eigenvalue weighted by molar-refractivity contribution is 7.80. The molecule has 1 aliphatic heterocycles. The summed E-state index contributed by atoms with van der Waals surface area (Å²) in [5.74, 6) is -1.26. The SMILES string of the molecule is CC1=C(C(=O)O)C(c2cccc([N+](=O)[O-])c2)N(C(=O)N(C)c2ccccc2)C(=S)N1. The number of anilines is 1. The summed E-state index contributed by atoms with van der Waals surface area (Å²) in [6.07, 6.45) is 0. The number of hydrogen-bond donors (Lipinski definition) is 2. The van der Waals surface area contributed by atoms with Crippen LogP contribution in [0.3, 0.4) is 0 Å². The first-order valence-electron chi connectivity index (χ1n) is 8.83. The van der Waals surface area contributed by atoms with Gasteiger partial charge in [0.05, 0.1) is 10.5 Å². The van der Waals surface area contributed by atoms with Gasteiger partial charge >= 0.3 is 12.0 Å². The Morgan fingerprint density at radius 3 is 2.47 bits per heavy atom. The summed E-state index contributed by atoms with van der Waals surface area (Å²) in [4.78, 5) is 38.5. The Kier molecular flexibility index (Phi) is 5.79. The summed E-state index contributed by atoms with van der Waals surface area (Å²) in [5, 5.41) is 23.8. The molecule has 0 spiro atoms. The van der Waals surface area contributed by atoms with E-state index >= 15 is 0 Å². The molecule has 1 atom stereocenters. The highest BCUT2D eigenvalue weighted by atomic mass is 32.1. The number of carboxylic acids is 1. The molecular formula is C20H18N4O5S. The average molecular weight is 426 g/mol. The van der Waals surface area contributed by atoms with Gasteiger partial charge in [-0.25, -0.2) is 9.59 Å². The number of urea groups is 1. The van der Waals surface area contributed by atoms with Crippen LogP contribution in [0.2, 0.25) is 0 Å². The summed E-state index contributed by atoms with van der Waals surface area (Å²) in [7, 11) is 1.54. The third-order valence-electron chi connectivity index (χ3n) is 4.71. The van der Waals surface area contributed by atoms with E-state index in [1.165, 1.54) is 43.1 Å². The van der Waals surface area contributed by atoms with Crippen molar-refractivity contribution in [2.75, 3.05) is 11.9 Å². The second kappa shape index (κ2) is 8.29. The van der Waals surface area contributed by atoms with Crippen LogP contribution in [-0.2, 0) is 4.79 Å². The maximum atomic E-state index is 13.4. The van der Waals surface area contributed by atoms with Gasteiger partial charge in [0.25, 0.3) is 5.69 Å². The number of nitro benzene ring substituents is 1. The van der Waals surface area contributed by atoms with Crippen LogP contribution in [0, 0.1) is 10.1 Å². The molecule has 0 fully saturated rings. The smallest absolute Gasteiger partial charge is 0.335 e. The topological polar surface area (TPSA) is 116 Å². The molecule has 3 rings (SSSR count). The van der Waals surface area contributed by atoms with Gasteiger partial charge < -0.3 is 10.4 Å². The van der Waals surface area contributed by atoms with Crippen molar-refractivity contribution in [1.82, 2.24) is 10.2 Å². The monoisotopic (exact) mass is 426 g/mol. The molecule has 0 aliphatic carbocycles. The Morgan fingerprint density at radius 1 is 1.20 bits per heavy atom. The molecule has 30 heavy (non-hydrogen) atoms.